The number of guanidine groups is 1. The summed E-state index contributed by atoms with van der Waals surface area (Å²) in [5.41, 5.74) is 2.82. The van der Waals surface area contributed by atoms with Gasteiger partial charge in [0.2, 0.25) is 5.91 Å². The van der Waals surface area contributed by atoms with Crippen molar-refractivity contribution in [2.75, 3.05) is 40.3 Å². The average molecular weight is 542 g/mol. The van der Waals surface area contributed by atoms with E-state index in [2.05, 4.69) is 65.6 Å². The number of nitrogens with zero attached hydrogens (tertiary/aromatic N) is 3. The molecule has 0 aromatic heterocycles. The number of hydrogen-bond acceptors (Lipinski definition) is 3. The minimum absolute atomic E-state index is 0. The molecule has 6 nitrogen and oxygen atoms in total. The molecule has 1 heterocycles. The summed E-state index contributed by atoms with van der Waals surface area (Å²) in [4.78, 5) is 20.5. The summed E-state index contributed by atoms with van der Waals surface area (Å²) in [5.74, 6) is 2.27. The number of halogens is 1. The summed E-state index contributed by atoms with van der Waals surface area (Å²) < 4.78 is 0. The van der Waals surface area contributed by atoms with Crippen molar-refractivity contribution in [2.24, 2.45) is 4.99 Å². The molecule has 1 amide bonds. The molecule has 2 aliphatic rings. The summed E-state index contributed by atoms with van der Waals surface area (Å²) in [6.45, 7) is 9.74. The maximum absolute atomic E-state index is 11.9. The van der Waals surface area contributed by atoms with Crippen molar-refractivity contribution in [3.63, 3.8) is 0 Å². The lowest BCUT2D eigenvalue weighted by molar-refractivity contribution is -0.130. The second kappa shape index (κ2) is 12.0. The van der Waals surface area contributed by atoms with Gasteiger partial charge in [-0.3, -0.25) is 14.7 Å². The van der Waals surface area contributed by atoms with Crippen molar-refractivity contribution < 1.29 is 4.79 Å². The van der Waals surface area contributed by atoms with Crippen LogP contribution in [0.1, 0.15) is 63.0 Å². The first-order valence-corrected chi connectivity index (χ1v) is 11.5. The number of carbonyl (C=O) groups excluding carboxylic acids is 1. The van der Waals surface area contributed by atoms with Gasteiger partial charge >= 0.3 is 0 Å². The lowest BCUT2D eigenvalue weighted by atomic mass is 10.0. The highest BCUT2D eigenvalue weighted by Gasteiger charge is 2.39. The van der Waals surface area contributed by atoms with Gasteiger partial charge in [-0.1, -0.05) is 38.1 Å². The van der Waals surface area contributed by atoms with Gasteiger partial charge in [-0.15, -0.1) is 24.0 Å². The fraction of sp³-hybridized carbons (Fsp3) is 0.667. The lowest BCUT2D eigenvalue weighted by Gasteiger charge is -2.33. The lowest BCUT2D eigenvalue weighted by Crippen LogP contribution is -2.50. The predicted molar refractivity (Wildman–Crippen MR) is 139 cm³/mol. The molecule has 2 unspecified atom stereocenters. The van der Waals surface area contributed by atoms with Crippen LogP contribution in [0, 0.1) is 0 Å². The minimum Gasteiger partial charge on any atom is -0.354 e. The highest BCUT2D eigenvalue weighted by molar-refractivity contribution is 14.0. The quantitative estimate of drug-likeness (QED) is 0.316. The number of carbonyl (C=O) groups is 1. The third-order valence-electron chi connectivity index (χ3n) is 6.25. The van der Waals surface area contributed by atoms with Crippen molar-refractivity contribution in [3.05, 3.63) is 35.4 Å². The SMILES string of the molecule is CCN=C(NC1CCN(CC(=O)N(C)C)CC1)NC1CC1c1ccc(C(C)C)cc1.I. The van der Waals surface area contributed by atoms with Crippen LogP contribution in [0.15, 0.2) is 29.3 Å². The topological polar surface area (TPSA) is 60.0 Å². The van der Waals surface area contributed by atoms with Crippen LogP contribution in [-0.4, -0.2) is 74.0 Å². The third kappa shape index (κ3) is 7.63. The molecule has 1 aliphatic heterocycles. The number of aliphatic imine (C=N–C) groups is 1. The Balaban J connectivity index is 0.00000341. The number of hydrogen-bond donors (Lipinski definition) is 2. The molecule has 1 aromatic carbocycles. The van der Waals surface area contributed by atoms with E-state index in [1.165, 1.54) is 11.1 Å². The molecule has 0 bridgehead atoms. The maximum atomic E-state index is 11.9. The Kier molecular flexibility index (Phi) is 10.1. The standard InChI is InChI=1S/C24H39N5O.HI/c1-6-25-24(26-20-11-13-29(14-12-20)16-23(30)28(4)5)27-22-15-21(22)19-9-7-18(8-10-19)17(2)3;/h7-10,17,20-22H,6,11-16H2,1-5H3,(H2,25,26,27);1H. The molecule has 174 valence electrons. The molecule has 0 radical (unpaired) electrons. The molecule has 1 saturated heterocycles. The van der Waals surface area contributed by atoms with Gasteiger partial charge in [0.25, 0.3) is 0 Å². The highest BCUT2D eigenvalue weighted by atomic mass is 127. The highest BCUT2D eigenvalue weighted by Crippen LogP contribution is 2.41. The van der Waals surface area contributed by atoms with Crippen LogP contribution in [0.2, 0.25) is 0 Å². The Labute approximate surface area is 205 Å². The number of amides is 1. The predicted octanol–water partition coefficient (Wildman–Crippen LogP) is 3.39. The van der Waals surface area contributed by atoms with Gasteiger partial charge in [-0.05, 0) is 43.2 Å². The Bertz CT molecular complexity index is 726. The Morgan fingerprint density at radius 3 is 2.35 bits per heavy atom. The third-order valence-corrected chi connectivity index (χ3v) is 6.25. The van der Waals surface area contributed by atoms with Crippen molar-refractivity contribution in [1.29, 1.82) is 0 Å². The van der Waals surface area contributed by atoms with Crippen molar-refractivity contribution in [2.45, 2.75) is 64.0 Å². The number of benzene rings is 1. The van der Waals surface area contributed by atoms with Crippen LogP contribution in [0.5, 0.6) is 0 Å². The van der Waals surface area contributed by atoms with Crippen LogP contribution in [0.3, 0.4) is 0 Å². The Morgan fingerprint density at radius 1 is 1.16 bits per heavy atom. The van der Waals surface area contributed by atoms with Gasteiger partial charge in [0.1, 0.15) is 0 Å². The van der Waals surface area contributed by atoms with Crippen LogP contribution >= 0.6 is 24.0 Å². The first-order valence-electron chi connectivity index (χ1n) is 11.5. The van der Waals surface area contributed by atoms with Crippen molar-refractivity contribution >= 4 is 35.8 Å². The zero-order chi connectivity index (χ0) is 21.7. The molecule has 1 aliphatic carbocycles. The van der Waals surface area contributed by atoms with Crippen LogP contribution in [0.4, 0.5) is 0 Å². The van der Waals surface area contributed by atoms with E-state index < -0.39 is 0 Å². The van der Waals surface area contributed by atoms with E-state index in [0.717, 1.165) is 44.9 Å². The molecule has 2 N–H and O–H groups in total. The second-order valence-electron chi connectivity index (χ2n) is 9.22. The number of piperidine rings is 1. The molecule has 7 heteroatoms. The average Bonchev–Trinajstić information content (AvgIpc) is 3.48. The summed E-state index contributed by atoms with van der Waals surface area (Å²) >= 11 is 0. The molecule has 2 atom stereocenters. The normalized spacial score (nSPS) is 22.1. The molecule has 31 heavy (non-hydrogen) atoms. The zero-order valence-electron chi connectivity index (χ0n) is 19.7. The smallest absolute Gasteiger partial charge is 0.236 e. The largest absolute Gasteiger partial charge is 0.354 e. The van der Waals surface area contributed by atoms with Crippen molar-refractivity contribution in [1.82, 2.24) is 20.4 Å². The summed E-state index contributed by atoms with van der Waals surface area (Å²) in [6.07, 6.45) is 3.24. The van der Waals surface area contributed by atoms with Crippen LogP contribution in [0.25, 0.3) is 0 Å². The number of nitrogens with one attached hydrogen (secondary N) is 2. The number of likely N-dealkylation sites (tertiary alicyclic amines) is 1. The molecule has 1 aromatic rings. The van der Waals surface area contributed by atoms with Gasteiger partial charge in [0.15, 0.2) is 5.96 Å². The van der Waals surface area contributed by atoms with Gasteiger partial charge in [0, 0.05) is 51.7 Å². The minimum atomic E-state index is 0. The molecule has 3 rings (SSSR count). The van der Waals surface area contributed by atoms with Gasteiger partial charge in [-0.2, -0.15) is 0 Å². The molecule has 2 fully saturated rings. The Morgan fingerprint density at radius 2 is 1.81 bits per heavy atom. The molecule has 1 saturated carbocycles. The van der Waals surface area contributed by atoms with E-state index in [1.807, 2.05) is 14.1 Å². The summed E-state index contributed by atoms with van der Waals surface area (Å²) in [5, 5.41) is 7.29. The first kappa shape index (κ1) is 25.9. The monoisotopic (exact) mass is 541 g/mol. The van der Waals surface area contributed by atoms with Gasteiger partial charge < -0.3 is 15.5 Å². The van der Waals surface area contributed by atoms with E-state index in [-0.39, 0.29) is 29.9 Å². The van der Waals surface area contributed by atoms with Crippen molar-refractivity contribution in [3.8, 4) is 0 Å². The maximum Gasteiger partial charge on any atom is 0.236 e. The van der Waals surface area contributed by atoms with E-state index in [9.17, 15) is 4.79 Å². The van der Waals surface area contributed by atoms with Crippen LogP contribution < -0.4 is 10.6 Å². The molecule has 0 spiro atoms. The first-order chi connectivity index (χ1) is 14.4. The molecular formula is C24H40IN5O. The van der Waals surface area contributed by atoms with Gasteiger partial charge in [-0.25, -0.2) is 0 Å². The van der Waals surface area contributed by atoms with E-state index in [4.69, 9.17) is 0 Å². The fourth-order valence-electron chi connectivity index (χ4n) is 4.08. The van der Waals surface area contributed by atoms with E-state index in [0.29, 0.717) is 30.5 Å². The van der Waals surface area contributed by atoms with Crippen LogP contribution in [-0.2, 0) is 4.79 Å². The number of likely N-dealkylation sites (N-methyl/N-ethyl adjacent to an activating group) is 1. The Hall–Kier alpha value is -1.35. The summed E-state index contributed by atoms with van der Waals surface area (Å²) in [6, 6.07) is 9.99. The van der Waals surface area contributed by atoms with E-state index in [1.54, 1.807) is 4.90 Å². The van der Waals surface area contributed by atoms with Gasteiger partial charge in [0.05, 0.1) is 6.54 Å². The zero-order valence-corrected chi connectivity index (χ0v) is 22.1. The fourth-order valence-corrected chi connectivity index (χ4v) is 4.08. The second-order valence-corrected chi connectivity index (χ2v) is 9.22. The molecular weight excluding hydrogens is 501 g/mol. The number of rotatable bonds is 7. The summed E-state index contributed by atoms with van der Waals surface area (Å²) in [7, 11) is 3.64. The van der Waals surface area contributed by atoms with E-state index >= 15 is 0 Å².